The number of aromatic hydroxyl groups is 1. The molecule has 0 atom stereocenters. The van der Waals surface area contributed by atoms with Gasteiger partial charge in [0.05, 0.1) is 16.8 Å². The molecule has 3 aromatic rings. The third-order valence-electron chi connectivity index (χ3n) is 4.93. The van der Waals surface area contributed by atoms with Crippen molar-refractivity contribution in [3.05, 3.63) is 53.8 Å². The van der Waals surface area contributed by atoms with Crippen LogP contribution < -0.4 is 5.32 Å². The van der Waals surface area contributed by atoms with Crippen molar-refractivity contribution >= 4 is 28.5 Å². The number of H-pyrrole nitrogens is 1. The van der Waals surface area contributed by atoms with Crippen molar-refractivity contribution in [1.29, 1.82) is 0 Å². The van der Waals surface area contributed by atoms with Crippen LogP contribution in [0.2, 0.25) is 0 Å². The number of fused-ring (bicyclic) bond motifs is 1. The minimum Gasteiger partial charge on any atom is -0.494 e. The number of benzene rings is 2. The monoisotopic (exact) mass is 367 g/mol. The molecule has 0 aliphatic carbocycles. The van der Waals surface area contributed by atoms with E-state index in [-0.39, 0.29) is 11.7 Å². The Bertz CT molecular complexity index is 944. The number of nitrogens with zero attached hydrogens (tertiary/aromatic N) is 1. The Morgan fingerprint density at radius 3 is 2.74 bits per heavy atom. The summed E-state index contributed by atoms with van der Waals surface area (Å²) < 4.78 is 18.7. The highest BCUT2D eigenvalue weighted by Gasteiger charge is 2.13. The van der Waals surface area contributed by atoms with Crippen LogP contribution in [0.15, 0.2) is 47.5 Å². The number of aromatic amines is 1. The van der Waals surface area contributed by atoms with Crippen LogP contribution >= 0.6 is 0 Å². The van der Waals surface area contributed by atoms with E-state index in [1.54, 1.807) is 12.3 Å². The van der Waals surface area contributed by atoms with Crippen molar-refractivity contribution in [2.75, 3.05) is 25.1 Å². The number of anilines is 1. The number of hydrogen-bond donors (Lipinski definition) is 3. The van der Waals surface area contributed by atoms with E-state index in [0.717, 1.165) is 49.4 Å². The Labute approximate surface area is 156 Å². The molecular formula is C21H22FN3O2. The summed E-state index contributed by atoms with van der Waals surface area (Å²) in [5.74, 6) is 0.288. The third kappa shape index (κ3) is 4.11. The van der Waals surface area contributed by atoms with Crippen molar-refractivity contribution in [3.8, 4) is 5.88 Å². The molecule has 1 fully saturated rings. The van der Waals surface area contributed by atoms with E-state index in [1.807, 2.05) is 24.3 Å². The van der Waals surface area contributed by atoms with Crippen LogP contribution in [0.4, 0.5) is 15.8 Å². The second-order valence-electron chi connectivity index (χ2n) is 6.82. The molecule has 1 aliphatic rings. The molecule has 0 saturated carbocycles. The fourth-order valence-corrected chi connectivity index (χ4v) is 3.33. The molecule has 0 amide bonds. The summed E-state index contributed by atoms with van der Waals surface area (Å²) in [6.07, 6.45) is 3.80. The van der Waals surface area contributed by atoms with Gasteiger partial charge in [0.2, 0.25) is 0 Å². The van der Waals surface area contributed by atoms with Crippen LogP contribution in [0, 0.1) is 11.7 Å². The van der Waals surface area contributed by atoms with E-state index < -0.39 is 0 Å². The highest BCUT2D eigenvalue weighted by molar-refractivity contribution is 6.02. The summed E-state index contributed by atoms with van der Waals surface area (Å²) in [5.41, 5.74) is 2.93. The Hall–Kier alpha value is -2.86. The van der Waals surface area contributed by atoms with E-state index in [2.05, 4.69) is 15.3 Å². The quantitative estimate of drug-likeness (QED) is 0.577. The smallest absolute Gasteiger partial charge is 0.198 e. The summed E-state index contributed by atoms with van der Waals surface area (Å²) >= 11 is 0. The first kappa shape index (κ1) is 17.5. The predicted octanol–water partition coefficient (Wildman–Crippen LogP) is 4.60. The number of nitrogens with one attached hydrogen (secondary N) is 2. The molecule has 1 aliphatic heterocycles. The van der Waals surface area contributed by atoms with Gasteiger partial charge in [0.25, 0.3) is 0 Å². The number of hydrogen-bond acceptors (Lipinski definition) is 4. The van der Waals surface area contributed by atoms with Gasteiger partial charge in [-0.2, -0.15) is 0 Å². The molecule has 0 spiro atoms. The summed E-state index contributed by atoms with van der Waals surface area (Å²) in [6.45, 7) is 2.66. The molecular weight excluding hydrogens is 345 g/mol. The number of aromatic nitrogens is 1. The first-order chi connectivity index (χ1) is 13.2. The Kier molecular flexibility index (Phi) is 5.07. The van der Waals surface area contributed by atoms with Crippen LogP contribution in [-0.4, -0.2) is 36.1 Å². The molecule has 6 heteroatoms. The molecule has 1 saturated heterocycles. The zero-order valence-corrected chi connectivity index (χ0v) is 14.9. The van der Waals surface area contributed by atoms with Crippen molar-refractivity contribution in [3.63, 3.8) is 0 Å². The summed E-state index contributed by atoms with van der Waals surface area (Å²) in [4.78, 5) is 7.20. The molecule has 5 nitrogen and oxygen atoms in total. The standard InChI is InChI=1S/C21H22FN3O2/c22-15-1-6-18-19(21(26)25-20(18)11-15)13-24-17-4-2-16(3-5-17)23-12-14-7-9-27-10-8-14/h1-6,11,13-14,23,25-26H,7-10,12H2. The summed E-state index contributed by atoms with van der Waals surface area (Å²) in [6, 6.07) is 12.2. The Balaban J connectivity index is 1.43. The maximum atomic E-state index is 13.3. The minimum atomic E-state index is -0.351. The van der Waals surface area contributed by atoms with Crippen LogP contribution in [0.5, 0.6) is 5.88 Å². The van der Waals surface area contributed by atoms with E-state index >= 15 is 0 Å². The van der Waals surface area contributed by atoms with Crippen LogP contribution in [0.1, 0.15) is 18.4 Å². The lowest BCUT2D eigenvalue weighted by atomic mass is 10.0. The lowest BCUT2D eigenvalue weighted by Gasteiger charge is -2.22. The van der Waals surface area contributed by atoms with Gasteiger partial charge in [-0.05, 0) is 61.2 Å². The van der Waals surface area contributed by atoms with Gasteiger partial charge in [-0.25, -0.2) is 4.39 Å². The zero-order chi connectivity index (χ0) is 18.6. The molecule has 2 heterocycles. The molecule has 0 bridgehead atoms. The van der Waals surface area contributed by atoms with Gasteiger partial charge >= 0.3 is 0 Å². The average molecular weight is 367 g/mol. The highest BCUT2D eigenvalue weighted by atomic mass is 19.1. The molecule has 0 unspecified atom stereocenters. The van der Waals surface area contributed by atoms with Crippen LogP contribution in [0.25, 0.3) is 10.9 Å². The van der Waals surface area contributed by atoms with E-state index in [0.29, 0.717) is 17.0 Å². The maximum Gasteiger partial charge on any atom is 0.198 e. The topological polar surface area (TPSA) is 69.6 Å². The van der Waals surface area contributed by atoms with Crippen LogP contribution in [-0.2, 0) is 4.74 Å². The molecule has 0 radical (unpaired) electrons. The Morgan fingerprint density at radius 2 is 1.96 bits per heavy atom. The molecule has 3 N–H and O–H groups in total. The first-order valence-corrected chi connectivity index (χ1v) is 9.15. The van der Waals surface area contributed by atoms with Gasteiger partial charge < -0.3 is 20.1 Å². The Morgan fingerprint density at radius 1 is 1.19 bits per heavy atom. The minimum absolute atomic E-state index is 0.0194. The first-order valence-electron chi connectivity index (χ1n) is 9.15. The molecule has 4 rings (SSSR count). The predicted molar refractivity (Wildman–Crippen MR) is 106 cm³/mol. The van der Waals surface area contributed by atoms with Gasteiger partial charge in [0, 0.05) is 37.0 Å². The molecule has 1 aromatic heterocycles. The number of halogens is 1. The van der Waals surface area contributed by atoms with E-state index in [1.165, 1.54) is 12.1 Å². The molecule has 2 aromatic carbocycles. The summed E-state index contributed by atoms with van der Waals surface area (Å²) in [5, 5.41) is 14.2. The van der Waals surface area contributed by atoms with Crippen molar-refractivity contribution in [1.82, 2.24) is 4.98 Å². The fraction of sp³-hybridized carbons (Fsp3) is 0.286. The summed E-state index contributed by atoms with van der Waals surface area (Å²) in [7, 11) is 0. The normalized spacial score (nSPS) is 15.6. The highest BCUT2D eigenvalue weighted by Crippen LogP contribution is 2.27. The second kappa shape index (κ2) is 7.80. The van der Waals surface area contributed by atoms with Gasteiger partial charge in [-0.15, -0.1) is 0 Å². The molecule has 140 valence electrons. The third-order valence-corrected chi connectivity index (χ3v) is 4.93. The van der Waals surface area contributed by atoms with E-state index in [9.17, 15) is 9.50 Å². The average Bonchev–Trinajstić information content (AvgIpc) is 3.00. The van der Waals surface area contributed by atoms with E-state index in [4.69, 9.17) is 4.74 Å². The molecule has 27 heavy (non-hydrogen) atoms. The second-order valence-corrected chi connectivity index (χ2v) is 6.82. The van der Waals surface area contributed by atoms with Gasteiger partial charge in [0.1, 0.15) is 5.82 Å². The van der Waals surface area contributed by atoms with Crippen molar-refractivity contribution in [2.45, 2.75) is 12.8 Å². The fourth-order valence-electron chi connectivity index (χ4n) is 3.33. The van der Waals surface area contributed by atoms with Crippen LogP contribution in [0.3, 0.4) is 0 Å². The number of ether oxygens (including phenoxy) is 1. The largest absolute Gasteiger partial charge is 0.494 e. The lowest BCUT2D eigenvalue weighted by molar-refractivity contribution is 0.0699. The number of rotatable bonds is 5. The van der Waals surface area contributed by atoms with Crippen molar-refractivity contribution < 1.29 is 14.2 Å². The van der Waals surface area contributed by atoms with Crippen molar-refractivity contribution in [2.24, 2.45) is 10.9 Å². The zero-order valence-electron chi connectivity index (χ0n) is 14.9. The van der Waals surface area contributed by atoms with Gasteiger partial charge in [0.15, 0.2) is 5.88 Å². The lowest BCUT2D eigenvalue weighted by Crippen LogP contribution is -2.22. The van der Waals surface area contributed by atoms with Gasteiger partial charge in [-0.3, -0.25) is 4.99 Å². The SMILES string of the molecule is Oc1[nH]c2cc(F)ccc2c1C=Nc1ccc(NCC2CCOCC2)cc1. The van der Waals surface area contributed by atoms with Gasteiger partial charge in [-0.1, -0.05) is 0 Å². The number of aliphatic imine (C=N–C) groups is 1. The maximum absolute atomic E-state index is 13.3.